The molecule has 0 aliphatic rings. The predicted molar refractivity (Wildman–Crippen MR) is 89.2 cm³/mol. The fourth-order valence-electron chi connectivity index (χ4n) is 1.79. The van der Waals surface area contributed by atoms with Gasteiger partial charge in [0.05, 0.1) is 5.69 Å². The van der Waals surface area contributed by atoms with E-state index >= 15 is 0 Å². The zero-order valence-electron chi connectivity index (χ0n) is 10.8. The molecule has 2 aromatic rings. The van der Waals surface area contributed by atoms with Gasteiger partial charge in [0.2, 0.25) is 0 Å². The molecule has 0 aromatic heterocycles. The lowest BCUT2D eigenvalue weighted by Crippen LogP contribution is -2.17. The summed E-state index contributed by atoms with van der Waals surface area (Å²) >= 11 is 8.39. The molecular weight excluding hydrogens is 336 g/mol. The molecule has 0 spiro atoms. The molecule has 0 aliphatic carbocycles. The van der Waals surface area contributed by atoms with Crippen molar-refractivity contribution in [2.24, 2.45) is 5.73 Å². The highest BCUT2D eigenvalue weighted by atomic mass is 79.9. The molecule has 0 heterocycles. The maximum Gasteiger partial charge on any atom is 0.255 e. The molecule has 20 heavy (non-hydrogen) atoms. The summed E-state index contributed by atoms with van der Waals surface area (Å²) in [6.45, 7) is 1.93. The van der Waals surface area contributed by atoms with E-state index in [-0.39, 0.29) is 10.9 Å². The molecule has 3 N–H and O–H groups in total. The van der Waals surface area contributed by atoms with Crippen molar-refractivity contribution in [1.29, 1.82) is 0 Å². The number of nitrogens with two attached hydrogens (primary N) is 1. The van der Waals surface area contributed by atoms with E-state index in [0.717, 1.165) is 10.0 Å². The van der Waals surface area contributed by atoms with Crippen molar-refractivity contribution in [2.45, 2.75) is 6.92 Å². The van der Waals surface area contributed by atoms with Crippen molar-refractivity contribution in [3.63, 3.8) is 0 Å². The molecule has 0 saturated heterocycles. The number of amides is 1. The van der Waals surface area contributed by atoms with Crippen LogP contribution in [0, 0.1) is 6.92 Å². The lowest BCUT2D eigenvalue weighted by molar-refractivity contribution is 0.102. The molecule has 5 heteroatoms. The van der Waals surface area contributed by atoms with Crippen LogP contribution in [0.25, 0.3) is 0 Å². The second-order valence-electron chi connectivity index (χ2n) is 4.33. The van der Waals surface area contributed by atoms with E-state index in [2.05, 4.69) is 21.2 Å². The third-order valence-electron chi connectivity index (χ3n) is 2.86. The molecule has 0 aliphatic heterocycles. The zero-order valence-corrected chi connectivity index (χ0v) is 13.2. The van der Waals surface area contributed by atoms with E-state index in [0.29, 0.717) is 16.8 Å². The van der Waals surface area contributed by atoms with Gasteiger partial charge in [-0.25, -0.2) is 0 Å². The molecule has 0 bridgehead atoms. The van der Waals surface area contributed by atoms with Gasteiger partial charge in [-0.2, -0.15) is 0 Å². The Morgan fingerprint density at radius 1 is 1.25 bits per heavy atom. The first-order valence-corrected chi connectivity index (χ1v) is 7.15. The molecule has 1 amide bonds. The second kappa shape index (κ2) is 6.15. The van der Waals surface area contributed by atoms with Gasteiger partial charge in [-0.15, -0.1) is 0 Å². The number of hydrogen-bond acceptors (Lipinski definition) is 2. The van der Waals surface area contributed by atoms with Crippen molar-refractivity contribution in [3.05, 3.63) is 63.6 Å². The molecule has 0 radical (unpaired) electrons. The van der Waals surface area contributed by atoms with Crippen LogP contribution in [0.4, 0.5) is 5.69 Å². The molecule has 2 aromatic carbocycles. The maximum atomic E-state index is 12.2. The summed E-state index contributed by atoms with van der Waals surface area (Å²) in [4.78, 5) is 12.5. The first-order valence-electron chi connectivity index (χ1n) is 5.95. The summed E-state index contributed by atoms with van der Waals surface area (Å²) in [5.74, 6) is -0.190. The number of halogens is 1. The van der Waals surface area contributed by atoms with Crippen molar-refractivity contribution in [1.82, 2.24) is 0 Å². The summed E-state index contributed by atoms with van der Waals surface area (Å²) in [5, 5.41) is 2.83. The third-order valence-corrected chi connectivity index (χ3v) is 3.97. The van der Waals surface area contributed by atoms with Gasteiger partial charge >= 0.3 is 0 Å². The third kappa shape index (κ3) is 3.23. The maximum absolute atomic E-state index is 12.2. The molecule has 2 rings (SSSR count). The minimum absolute atomic E-state index is 0.190. The number of anilines is 1. The zero-order chi connectivity index (χ0) is 14.7. The standard InChI is InChI=1S/C15H13BrN2OS/c1-9-8-10(6-7-12(9)16)15(19)18-13-5-3-2-4-11(13)14(17)20/h2-8H,1H3,(H2,17,20)(H,18,19). The molecule has 102 valence electrons. The van der Waals surface area contributed by atoms with Crippen LogP contribution >= 0.6 is 28.1 Å². The van der Waals surface area contributed by atoms with Gasteiger partial charge in [0.1, 0.15) is 4.99 Å². The Morgan fingerprint density at radius 3 is 2.60 bits per heavy atom. The van der Waals surface area contributed by atoms with Gasteiger partial charge in [-0.1, -0.05) is 40.3 Å². The number of nitrogens with one attached hydrogen (secondary N) is 1. The molecular formula is C15H13BrN2OS. The summed E-state index contributed by atoms with van der Waals surface area (Å²) in [6.07, 6.45) is 0. The first kappa shape index (κ1) is 14.7. The summed E-state index contributed by atoms with van der Waals surface area (Å²) in [7, 11) is 0. The monoisotopic (exact) mass is 348 g/mol. The van der Waals surface area contributed by atoms with Gasteiger partial charge in [0.25, 0.3) is 5.91 Å². The lowest BCUT2D eigenvalue weighted by Gasteiger charge is -2.10. The Morgan fingerprint density at radius 2 is 1.95 bits per heavy atom. The number of carbonyl (C=O) groups is 1. The average Bonchev–Trinajstić information content (AvgIpc) is 2.42. The van der Waals surface area contributed by atoms with Crippen LogP contribution in [0.1, 0.15) is 21.5 Å². The van der Waals surface area contributed by atoms with Crippen LogP contribution in [0.5, 0.6) is 0 Å². The van der Waals surface area contributed by atoms with E-state index in [1.54, 1.807) is 18.2 Å². The van der Waals surface area contributed by atoms with Crippen LogP contribution in [0.3, 0.4) is 0 Å². The van der Waals surface area contributed by atoms with Crippen LogP contribution in [-0.4, -0.2) is 10.9 Å². The molecule has 0 fully saturated rings. The molecule has 0 unspecified atom stereocenters. The fourth-order valence-corrected chi connectivity index (χ4v) is 2.21. The highest BCUT2D eigenvalue weighted by Gasteiger charge is 2.10. The SMILES string of the molecule is Cc1cc(C(=O)Nc2ccccc2C(N)=S)ccc1Br. The Labute approximate surface area is 131 Å². The van der Waals surface area contributed by atoms with Gasteiger partial charge in [-0.3, -0.25) is 4.79 Å². The summed E-state index contributed by atoms with van der Waals surface area (Å²) < 4.78 is 0.970. The number of para-hydroxylation sites is 1. The van der Waals surface area contributed by atoms with Crippen LogP contribution in [0.2, 0.25) is 0 Å². The van der Waals surface area contributed by atoms with Gasteiger partial charge in [0, 0.05) is 15.6 Å². The normalized spacial score (nSPS) is 10.1. The van der Waals surface area contributed by atoms with Crippen molar-refractivity contribution < 1.29 is 4.79 Å². The van der Waals surface area contributed by atoms with Crippen molar-refractivity contribution in [3.8, 4) is 0 Å². The summed E-state index contributed by atoms with van der Waals surface area (Å²) in [5.41, 5.74) is 8.51. The van der Waals surface area contributed by atoms with E-state index in [9.17, 15) is 4.79 Å². The number of hydrogen-bond donors (Lipinski definition) is 2. The van der Waals surface area contributed by atoms with E-state index < -0.39 is 0 Å². The number of rotatable bonds is 3. The molecule has 3 nitrogen and oxygen atoms in total. The Balaban J connectivity index is 2.28. The summed E-state index contributed by atoms with van der Waals surface area (Å²) in [6, 6.07) is 12.6. The van der Waals surface area contributed by atoms with Crippen LogP contribution < -0.4 is 11.1 Å². The number of carbonyl (C=O) groups excluding carboxylic acids is 1. The lowest BCUT2D eigenvalue weighted by atomic mass is 10.1. The van der Waals surface area contributed by atoms with Crippen molar-refractivity contribution in [2.75, 3.05) is 5.32 Å². The number of benzene rings is 2. The Hall–Kier alpha value is -1.72. The van der Waals surface area contributed by atoms with Gasteiger partial charge in [-0.05, 0) is 42.8 Å². The molecule has 0 atom stereocenters. The van der Waals surface area contributed by atoms with Gasteiger partial charge < -0.3 is 11.1 Å². The average molecular weight is 349 g/mol. The highest BCUT2D eigenvalue weighted by molar-refractivity contribution is 9.10. The molecule has 0 saturated carbocycles. The minimum Gasteiger partial charge on any atom is -0.389 e. The van der Waals surface area contributed by atoms with E-state index in [4.69, 9.17) is 18.0 Å². The first-order chi connectivity index (χ1) is 9.49. The fraction of sp³-hybridized carbons (Fsp3) is 0.0667. The number of aryl methyl sites for hydroxylation is 1. The number of thiocarbonyl (C=S) groups is 1. The van der Waals surface area contributed by atoms with Crippen LogP contribution in [-0.2, 0) is 0 Å². The Bertz CT molecular complexity index is 685. The largest absolute Gasteiger partial charge is 0.389 e. The topological polar surface area (TPSA) is 55.1 Å². The second-order valence-corrected chi connectivity index (χ2v) is 5.62. The van der Waals surface area contributed by atoms with Crippen LogP contribution in [0.15, 0.2) is 46.9 Å². The highest BCUT2D eigenvalue weighted by Crippen LogP contribution is 2.19. The smallest absolute Gasteiger partial charge is 0.255 e. The van der Waals surface area contributed by atoms with Gasteiger partial charge in [0.15, 0.2) is 0 Å². The van der Waals surface area contributed by atoms with E-state index in [1.807, 2.05) is 31.2 Å². The van der Waals surface area contributed by atoms with E-state index in [1.165, 1.54) is 0 Å². The predicted octanol–water partition coefficient (Wildman–Crippen LogP) is 3.64. The van der Waals surface area contributed by atoms with Crippen molar-refractivity contribution >= 4 is 44.7 Å². The Kier molecular flexibility index (Phi) is 4.52. The minimum atomic E-state index is -0.190. The quantitative estimate of drug-likeness (QED) is 0.832.